The second kappa shape index (κ2) is 9.06. The van der Waals surface area contributed by atoms with E-state index in [-0.39, 0.29) is 11.8 Å². The normalized spacial score (nSPS) is 17.1. The van der Waals surface area contributed by atoms with E-state index in [9.17, 15) is 4.79 Å². The van der Waals surface area contributed by atoms with Gasteiger partial charge in [-0.25, -0.2) is 4.99 Å². The van der Waals surface area contributed by atoms with Crippen LogP contribution in [0.5, 0.6) is 11.5 Å². The van der Waals surface area contributed by atoms with Crippen molar-refractivity contribution in [1.82, 2.24) is 5.32 Å². The highest BCUT2D eigenvalue weighted by molar-refractivity contribution is 6.16. The predicted molar refractivity (Wildman–Crippen MR) is 127 cm³/mol. The summed E-state index contributed by atoms with van der Waals surface area (Å²) >= 11 is 0. The van der Waals surface area contributed by atoms with E-state index in [1.807, 2.05) is 72.8 Å². The van der Waals surface area contributed by atoms with Crippen LogP contribution in [0.2, 0.25) is 0 Å². The van der Waals surface area contributed by atoms with Crippen molar-refractivity contribution < 1.29 is 9.53 Å². The number of hydrogen-bond acceptors (Lipinski definition) is 5. The van der Waals surface area contributed by atoms with Gasteiger partial charge >= 0.3 is 0 Å². The summed E-state index contributed by atoms with van der Waals surface area (Å²) in [4.78, 5) is 21.6. The molecule has 0 bridgehead atoms. The van der Waals surface area contributed by atoms with Gasteiger partial charge < -0.3 is 15.4 Å². The molecule has 3 aromatic rings. The molecule has 2 N–H and O–H groups in total. The maximum Gasteiger partial charge on any atom is 0.225 e. The van der Waals surface area contributed by atoms with Crippen LogP contribution in [0, 0.1) is 5.92 Å². The number of carbonyl (C=O) groups excluding carboxylic acids is 1. The van der Waals surface area contributed by atoms with Crippen molar-refractivity contribution in [3.8, 4) is 11.5 Å². The van der Waals surface area contributed by atoms with E-state index in [1.54, 1.807) is 0 Å². The largest absolute Gasteiger partial charge is 0.457 e. The molecule has 0 fully saturated rings. The van der Waals surface area contributed by atoms with Crippen LogP contribution in [-0.4, -0.2) is 30.7 Å². The molecule has 3 aromatic carbocycles. The highest BCUT2D eigenvalue weighted by Gasteiger charge is 2.29. The van der Waals surface area contributed by atoms with Crippen LogP contribution >= 0.6 is 0 Å². The molecule has 1 unspecified atom stereocenters. The fourth-order valence-electron chi connectivity index (χ4n) is 4.04. The number of rotatable bonds is 5. The fourth-order valence-corrected chi connectivity index (χ4v) is 4.04. The van der Waals surface area contributed by atoms with Gasteiger partial charge in [0, 0.05) is 30.1 Å². The van der Waals surface area contributed by atoms with E-state index in [1.165, 1.54) is 0 Å². The number of guanidine groups is 1. The third-order valence-corrected chi connectivity index (χ3v) is 5.60. The Balaban J connectivity index is 1.28. The molecule has 2 heterocycles. The number of para-hydroxylation sites is 3. The summed E-state index contributed by atoms with van der Waals surface area (Å²) in [7, 11) is 0. The van der Waals surface area contributed by atoms with Crippen molar-refractivity contribution >= 4 is 23.3 Å². The topological polar surface area (TPSA) is 75.1 Å². The van der Waals surface area contributed by atoms with Crippen LogP contribution in [0.4, 0.5) is 5.69 Å². The number of anilines is 1. The maximum atomic E-state index is 12.2. The van der Waals surface area contributed by atoms with Crippen LogP contribution < -0.4 is 15.4 Å². The minimum absolute atomic E-state index is 0.00389. The van der Waals surface area contributed by atoms with Crippen molar-refractivity contribution in [3.63, 3.8) is 0 Å². The van der Waals surface area contributed by atoms with Gasteiger partial charge in [-0.2, -0.15) is 0 Å². The Morgan fingerprint density at radius 3 is 2.66 bits per heavy atom. The van der Waals surface area contributed by atoms with Gasteiger partial charge in [0.2, 0.25) is 11.9 Å². The first-order valence-electron chi connectivity index (χ1n) is 10.8. The van der Waals surface area contributed by atoms with Gasteiger partial charge in [0.25, 0.3) is 0 Å². The molecule has 0 aliphatic carbocycles. The van der Waals surface area contributed by atoms with Crippen molar-refractivity contribution in [3.05, 3.63) is 90.0 Å². The highest BCUT2D eigenvalue weighted by atomic mass is 16.5. The molecule has 0 radical (unpaired) electrons. The average Bonchev–Trinajstić information content (AvgIpc) is 2.96. The van der Waals surface area contributed by atoms with Crippen molar-refractivity contribution in [2.45, 2.75) is 12.8 Å². The van der Waals surface area contributed by atoms with Crippen molar-refractivity contribution in [2.75, 3.05) is 18.4 Å². The molecule has 1 amide bonds. The lowest BCUT2D eigenvalue weighted by molar-refractivity contribution is -0.116. The van der Waals surface area contributed by atoms with Gasteiger partial charge in [0.1, 0.15) is 11.5 Å². The number of carbonyl (C=O) groups is 1. The van der Waals surface area contributed by atoms with Gasteiger partial charge in [0.15, 0.2) is 0 Å². The lowest BCUT2D eigenvalue weighted by Crippen LogP contribution is -2.33. The minimum atomic E-state index is 0.00389. The lowest BCUT2D eigenvalue weighted by Gasteiger charge is -2.20. The summed E-state index contributed by atoms with van der Waals surface area (Å²) in [5.41, 5.74) is 3.82. The number of amides is 1. The van der Waals surface area contributed by atoms with Gasteiger partial charge in [-0.15, -0.1) is 0 Å². The predicted octanol–water partition coefficient (Wildman–Crippen LogP) is 4.43. The Morgan fingerprint density at radius 2 is 1.75 bits per heavy atom. The first kappa shape index (κ1) is 20.0. The molecule has 6 nitrogen and oxygen atoms in total. The average molecular weight is 425 g/mol. The molecule has 0 saturated heterocycles. The molecule has 0 aromatic heterocycles. The molecule has 2 aliphatic rings. The summed E-state index contributed by atoms with van der Waals surface area (Å²) < 4.78 is 6.06. The van der Waals surface area contributed by atoms with E-state index in [4.69, 9.17) is 9.73 Å². The van der Waals surface area contributed by atoms with E-state index in [2.05, 4.69) is 21.7 Å². The first-order valence-corrected chi connectivity index (χ1v) is 10.8. The summed E-state index contributed by atoms with van der Waals surface area (Å²) in [5, 5.41) is 6.34. The number of ether oxygens (including phenoxy) is 1. The Hall–Kier alpha value is -3.93. The summed E-state index contributed by atoms with van der Waals surface area (Å²) in [6.45, 7) is 1.23. The number of aliphatic imine (C=N–C) groups is 2. The van der Waals surface area contributed by atoms with Crippen LogP contribution in [-0.2, 0) is 11.2 Å². The third kappa shape index (κ3) is 4.39. The standard InChI is InChI=1S/C26H24N4O2/c31-24-16-19-17-28-26(30-25(19)21-11-5-6-12-22(21)29-24)27-15-14-18-8-4-7-13-23(18)32-20-9-2-1-3-10-20/h1-13,19H,14-17H2,(H,27,28)(H,29,31). The van der Waals surface area contributed by atoms with E-state index in [0.29, 0.717) is 25.5 Å². The Bertz CT molecular complexity index is 1190. The highest BCUT2D eigenvalue weighted by Crippen LogP contribution is 2.28. The number of fused-ring (bicyclic) bond motifs is 3. The van der Waals surface area contributed by atoms with Crippen molar-refractivity contribution in [1.29, 1.82) is 0 Å². The van der Waals surface area contributed by atoms with Crippen LogP contribution in [0.15, 0.2) is 88.8 Å². The molecule has 6 heteroatoms. The van der Waals surface area contributed by atoms with E-state index >= 15 is 0 Å². The Morgan fingerprint density at radius 1 is 0.969 bits per heavy atom. The third-order valence-electron chi connectivity index (χ3n) is 5.60. The summed E-state index contributed by atoms with van der Waals surface area (Å²) in [5.74, 6) is 2.29. The maximum absolute atomic E-state index is 12.2. The zero-order valence-electron chi connectivity index (χ0n) is 17.6. The zero-order chi connectivity index (χ0) is 21.8. The monoisotopic (exact) mass is 424 g/mol. The number of benzene rings is 3. The van der Waals surface area contributed by atoms with Gasteiger partial charge in [-0.1, -0.05) is 54.6 Å². The molecule has 2 aliphatic heterocycles. The quantitative estimate of drug-likeness (QED) is 0.636. The van der Waals surface area contributed by atoms with Crippen LogP contribution in [0.25, 0.3) is 0 Å². The Labute approximate surface area is 187 Å². The second-order valence-electron chi connectivity index (χ2n) is 7.86. The van der Waals surface area contributed by atoms with Crippen LogP contribution in [0.3, 0.4) is 0 Å². The number of hydrogen-bond donors (Lipinski definition) is 2. The van der Waals surface area contributed by atoms with Crippen LogP contribution in [0.1, 0.15) is 17.5 Å². The molecule has 160 valence electrons. The molecular formula is C26H24N4O2. The zero-order valence-corrected chi connectivity index (χ0v) is 17.6. The molecule has 32 heavy (non-hydrogen) atoms. The van der Waals surface area contributed by atoms with Crippen molar-refractivity contribution in [2.24, 2.45) is 15.9 Å². The van der Waals surface area contributed by atoms with E-state index < -0.39 is 0 Å². The summed E-state index contributed by atoms with van der Waals surface area (Å²) in [6.07, 6.45) is 1.17. The molecule has 0 spiro atoms. The smallest absolute Gasteiger partial charge is 0.225 e. The second-order valence-corrected chi connectivity index (χ2v) is 7.86. The fraction of sp³-hybridized carbons (Fsp3) is 0.192. The minimum Gasteiger partial charge on any atom is -0.457 e. The number of nitrogens with zero attached hydrogens (tertiary/aromatic N) is 2. The summed E-state index contributed by atoms with van der Waals surface area (Å²) in [6, 6.07) is 25.7. The SMILES string of the molecule is O=C1CC2CN=C(NCCc3ccccc3Oc3ccccc3)N=C2c2ccccc2N1. The molecular weight excluding hydrogens is 400 g/mol. The molecule has 1 atom stereocenters. The van der Waals surface area contributed by atoms with Gasteiger partial charge in [0.05, 0.1) is 12.3 Å². The first-order chi connectivity index (χ1) is 15.8. The van der Waals surface area contributed by atoms with E-state index in [0.717, 1.165) is 40.4 Å². The Kier molecular flexibility index (Phi) is 5.66. The lowest BCUT2D eigenvalue weighted by atomic mass is 9.93. The van der Waals surface area contributed by atoms with Gasteiger partial charge in [-0.3, -0.25) is 9.79 Å². The number of nitrogens with one attached hydrogen (secondary N) is 2. The van der Waals surface area contributed by atoms with Gasteiger partial charge in [-0.05, 0) is 36.2 Å². The molecule has 5 rings (SSSR count). The molecule has 0 saturated carbocycles.